The van der Waals surface area contributed by atoms with Gasteiger partial charge in [-0.1, -0.05) is 12.1 Å². The van der Waals surface area contributed by atoms with E-state index in [9.17, 15) is 0 Å². The average molecular weight is 331 g/mol. The normalized spacial score (nSPS) is 11.1. The first-order chi connectivity index (χ1) is 12.1. The number of benzene rings is 1. The summed E-state index contributed by atoms with van der Waals surface area (Å²) in [5.41, 5.74) is 15.2. The maximum absolute atomic E-state index is 6.01. The first-order valence-electron chi connectivity index (χ1n) is 7.87. The van der Waals surface area contributed by atoms with Crippen LogP contribution in [0.3, 0.4) is 0 Å². The molecule has 0 saturated carbocycles. The second kappa shape index (κ2) is 5.86. The van der Waals surface area contributed by atoms with E-state index in [1.54, 1.807) is 12.4 Å². The highest BCUT2D eigenvalue weighted by atomic mass is 15.1. The summed E-state index contributed by atoms with van der Waals surface area (Å²) in [4.78, 5) is 16.7. The fourth-order valence-corrected chi connectivity index (χ4v) is 2.98. The summed E-state index contributed by atoms with van der Waals surface area (Å²) in [6.07, 6.45) is 5.44. The summed E-state index contributed by atoms with van der Waals surface area (Å²) in [6, 6.07) is 8.09. The van der Waals surface area contributed by atoms with Gasteiger partial charge in [-0.25, -0.2) is 4.98 Å². The fraction of sp³-hybridized carbons (Fsp3) is 0.111. The lowest BCUT2D eigenvalue weighted by Crippen LogP contribution is -2.07. The molecule has 0 unspecified atom stereocenters. The molecule has 7 nitrogen and oxygen atoms in total. The van der Waals surface area contributed by atoms with E-state index < -0.39 is 0 Å². The van der Waals surface area contributed by atoms with Crippen molar-refractivity contribution in [2.24, 2.45) is 0 Å². The van der Waals surface area contributed by atoms with Gasteiger partial charge in [-0.3, -0.25) is 4.98 Å². The van der Waals surface area contributed by atoms with Crippen LogP contribution in [0.2, 0.25) is 0 Å². The van der Waals surface area contributed by atoms with Gasteiger partial charge in [0.05, 0.1) is 5.39 Å². The lowest BCUT2D eigenvalue weighted by Gasteiger charge is -2.13. The molecule has 4 aromatic rings. The summed E-state index contributed by atoms with van der Waals surface area (Å²) in [6.45, 7) is 2.60. The largest absolute Gasteiger partial charge is 0.383 e. The number of anilines is 3. The van der Waals surface area contributed by atoms with Gasteiger partial charge < -0.3 is 16.8 Å². The van der Waals surface area contributed by atoms with E-state index in [1.165, 1.54) is 0 Å². The van der Waals surface area contributed by atoms with Crippen LogP contribution in [0.5, 0.6) is 0 Å². The Morgan fingerprint density at radius 3 is 2.84 bits per heavy atom. The van der Waals surface area contributed by atoms with E-state index in [4.69, 9.17) is 11.5 Å². The van der Waals surface area contributed by atoms with Crippen molar-refractivity contribution in [3.8, 4) is 0 Å². The molecule has 0 aliphatic heterocycles. The summed E-state index contributed by atoms with van der Waals surface area (Å²) >= 11 is 0. The first-order valence-corrected chi connectivity index (χ1v) is 7.87. The molecule has 7 heteroatoms. The topological polar surface area (TPSA) is 116 Å². The highest BCUT2D eigenvalue weighted by Gasteiger charge is 2.11. The third-order valence-electron chi connectivity index (χ3n) is 4.28. The van der Waals surface area contributed by atoms with Crippen LogP contribution < -0.4 is 16.8 Å². The third kappa shape index (κ3) is 2.65. The minimum absolute atomic E-state index is 0.132. The lowest BCUT2D eigenvalue weighted by atomic mass is 10.1. The number of pyridine rings is 2. The molecule has 1 aromatic carbocycles. The monoisotopic (exact) mass is 331 g/mol. The number of hydrogen-bond donors (Lipinski definition) is 3. The van der Waals surface area contributed by atoms with Crippen LogP contribution in [0.25, 0.3) is 21.8 Å². The predicted octanol–water partition coefficient (Wildman–Crippen LogP) is 2.66. The summed E-state index contributed by atoms with van der Waals surface area (Å²) in [5, 5.41) is 6.43. The quantitative estimate of drug-likeness (QED) is 0.528. The Kier molecular flexibility index (Phi) is 3.53. The minimum Gasteiger partial charge on any atom is -0.383 e. The third-order valence-corrected chi connectivity index (χ3v) is 4.28. The summed E-state index contributed by atoms with van der Waals surface area (Å²) in [5.74, 6) is 0.484. The zero-order chi connectivity index (χ0) is 17.4. The van der Waals surface area contributed by atoms with Gasteiger partial charge >= 0.3 is 0 Å². The molecule has 0 bridgehead atoms. The Balaban J connectivity index is 1.70. The zero-order valence-electron chi connectivity index (χ0n) is 13.7. The number of aryl methyl sites for hydroxylation is 1. The number of nitrogens with two attached hydrogens (primary N) is 2. The maximum atomic E-state index is 6.01. The maximum Gasteiger partial charge on any atom is 0.224 e. The van der Waals surface area contributed by atoms with Crippen LogP contribution >= 0.6 is 0 Å². The number of aromatic nitrogens is 4. The van der Waals surface area contributed by atoms with Crippen molar-refractivity contribution in [3.63, 3.8) is 0 Å². The average Bonchev–Trinajstić information content (AvgIpc) is 2.60. The van der Waals surface area contributed by atoms with E-state index in [0.29, 0.717) is 18.0 Å². The highest BCUT2D eigenvalue weighted by Crippen LogP contribution is 2.26. The summed E-state index contributed by atoms with van der Waals surface area (Å²) < 4.78 is 0. The van der Waals surface area contributed by atoms with E-state index in [0.717, 1.165) is 33.0 Å². The van der Waals surface area contributed by atoms with Crippen LogP contribution in [0, 0.1) is 6.92 Å². The van der Waals surface area contributed by atoms with Crippen molar-refractivity contribution >= 4 is 39.3 Å². The van der Waals surface area contributed by atoms with Gasteiger partial charge in [0, 0.05) is 41.6 Å². The number of nitrogen functional groups attached to an aromatic ring is 2. The van der Waals surface area contributed by atoms with Gasteiger partial charge in [0.2, 0.25) is 5.95 Å². The van der Waals surface area contributed by atoms with E-state index in [2.05, 4.69) is 25.3 Å². The van der Waals surface area contributed by atoms with E-state index >= 15 is 0 Å². The van der Waals surface area contributed by atoms with Gasteiger partial charge in [-0.2, -0.15) is 9.97 Å². The predicted molar refractivity (Wildman–Crippen MR) is 100.0 cm³/mol. The molecule has 0 fully saturated rings. The minimum atomic E-state index is 0.132. The zero-order valence-corrected chi connectivity index (χ0v) is 13.7. The fourth-order valence-electron chi connectivity index (χ4n) is 2.98. The molecule has 0 aliphatic rings. The Morgan fingerprint density at radius 1 is 1.08 bits per heavy atom. The van der Waals surface area contributed by atoms with Crippen molar-refractivity contribution in [2.45, 2.75) is 13.5 Å². The Bertz CT molecular complexity index is 1090. The van der Waals surface area contributed by atoms with Crippen LogP contribution in [0.1, 0.15) is 11.1 Å². The Morgan fingerprint density at radius 2 is 1.96 bits per heavy atom. The van der Waals surface area contributed by atoms with Crippen LogP contribution in [-0.4, -0.2) is 19.9 Å². The summed E-state index contributed by atoms with van der Waals surface area (Å²) in [7, 11) is 0. The smallest absolute Gasteiger partial charge is 0.224 e. The molecule has 124 valence electrons. The molecular weight excluding hydrogens is 314 g/mol. The molecular formula is C18H17N7. The van der Waals surface area contributed by atoms with Crippen molar-refractivity contribution < 1.29 is 0 Å². The number of hydrogen-bond acceptors (Lipinski definition) is 7. The SMILES string of the molecule is Cc1c(CNc2cccc3cnccc23)cnc2nc(N)nc(N)c12. The molecule has 0 atom stereocenters. The molecule has 0 amide bonds. The van der Waals surface area contributed by atoms with Gasteiger partial charge in [0.15, 0.2) is 5.65 Å². The highest BCUT2D eigenvalue weighted by molar-refractivity contribution is 5.93. The Labute approximate surface area is 144 Å². The molecule has 0 spiro atoms. The molecule has 25 heavy (non-hydrogen) atoms. The first kappa shape index (κ1) is 15.1. The molecule has 4 rings (SSSR count). The second-order valence-electron chi connectivity index (χ2n) is 5.83. The van der Waals surface area contributed by atoms with E-state index in [1.807, 2.05) is 37.4 Å². The van der Waals surface area contributed by atoms with Crippen LogP contribution in [-0.2, 0) is 6.54 Å². The molecule has 0 saturated heterocycles. The number of nitrogens with one attached hydrogen (secondary N) is 1. The van der Waals surface area contributed by atoms with Crippen molar-refractivity contribution in [1.82, 2.24) is 19.9 Å². The number of fused-ring (bicyclic) bond motifs is 2. The molecule has 0 aliphatic carbocycles. The molecule has 3 heterocycles. The van der Waals surface area contributed by atoms with Gasteiger partial charge in [-0.05, 0) is 30.2 Å². The van der Waals surface area contributed by atoms with Crippen LogP contribution in [0.15, 0.2) is 42.9 Å². The number of nitrogens with zero attached hydrogens (tertiary/aromatic N) is 4. The Hall–Kier alpha value is -3.48. The van der Waals surface area contributed by atoms with Crippen molar-refractivity contribution in [1.29, 1.82) is 0 Å². The standard InChI is InChI=1S/C18H17N7/c1-10-12(9-23-17-15(10)16(19)24-18(20)25-17)8-22-14-4-2-3-11-7-21-6-5-13(11)14/h2-7,9,22H,8H2,1H3,(H4,19,20,23,24,25). The molecule has 5 N–H and O–H groups in total. The molecule has 0 radical (unpaired) electrons. The second-order valence-corrected chi connectivity index (χ2v) is 5.83. The van der Waals surface area contributed by atoms with Gasteiger partial charge in [-0.15, -0.1) is 0 Å². The van der Waals surface area contributed by atoms with Crippen molar-refractivity contribution in [2.75, 3.05) is 16.8 Å². The van der Waals surface area contributed by atoms with Crippen LogP contribution in [0.4, 0.5) is 17.5 Å². The number of rotatable bonds is 3. The van der Waals surface area contributed by atoms with E-state index in [-0.39, 0.29) is 5.95 Å². The van der Waals surface area contributed by atoms with Gasteiger partial charge in [0.1, 0.15) is 5.82 Å². The lowest BCUT2D eigenvalue weighted by molar-refractivity contribution is 1.09. The molecule has 3 aromatic heterocycles. The van der Waals surface area contributed by atoms with Crippen molar-refractivity contribution in [3.05, 3.63) is 54.0 Å². The van der Waals surface area contributed by atoms with Gasteiger partial charge in [0.25, 0.3) is 0 Å².